The summed E-state index contributed by atoms with van der Waals surface area (Å²) in [5.74, 6) is 3.31. The van der Waals surface area contributed by atoms with Crippen molar-refractivity contribution < 1.29 is 19.5 Å². The van der Waals surface area contributed by atoms with Gasteiger partial charge in [-0.15, -0.1) is 0 Å². The number of hydrogen-bond acceptors (Lipinski definition) is 5. The number of carboxylic acids is 1. The van der Waals surface area contributed by atoms with Gasteiger partial charge >= 0.3 is 5.97 Å². The number of nitrogens with zero attached hydrogens (tertiary/aromatic N) is 1. The van der Waals surface area contributed by atoms with Crippen LogP contribution in [0.3, 0.4) is 0 Å². The summed E-state index contributed by atoms with van der Waals surface area (Å²) in [4.78, 5) is 34.0. The zero-order valence-corrected chi connectivity index (χ0v) is 13.8. The van der Waals surface area contributed by atoms with E-state index in [-0.39, 0.29) is 31.1 Å². The first-order valence-corrected chi connectivity index (χ1v) is 7.53. The van der Waals surface area contributed by atoms with Crippen molar-refractivity contribution in [3.05, 3.63) is 28.8 Å². The van der Waals surface area contributed by atoms with E-state index in [0.29, 0.717) is 16.3 Å². The van der Waals surface area contributed by atoms with Crippen LogP contribution in [0.2, 0.25) is 5.02 Å². The van der Waals surface area contributed by atoms with Crippen molar-refractivity contribution in [2.45, 2.75) is 32.2 Å². The minimum atomic E-state index is -0.999. The monoisotopic (exact) mass is 354 g/mol. The lowest BCUT2D eigenvalue weighted by atomic mass is 10.2. The average Bonchev–Trinajstić information content (AvgIpc) is 2.47. The third kappa shape index (κ3) is 7.10. The molecule has 0 fully saturated rings. The SMILES string of the molecule is CC(CC(=O)O)NC(=O)CCC(=O)Nc1ccc(C=NN)c(Cl)c1. The van der Waals surface area contributed by atoms with E-state index in [1.165, 1.54) is 6.21 Å². The van der Waals surface area contributed by atoms with Crippen LogP contribution in [0.4, 0.5) is 5.69 Å². The predicted octanol–water partition coefficient (Wildman–Crippen LogP) is 1.33. The summed E-state index contributed by atoms with van der Waals surface area (Å²) in [5, 5.41) is 17.5. The highest BCUT2D eigenvalue weighted by Gasteiger charge is 2.12. The molecule has 24 heavy (non-hydrogen) atoms. The number of benzene rings is 1. The highest BCUT2D eigenvalue weighted by molar-refractivity contribution is 6.33. The average molecular weight is 355 g/mol. The summed E-state index contributed by atoms with van der Waals surface area (Å²) >= 11 is 6.01. The fourth-order valence-electron chi connectivity index (χ4n) is 1.90. The van der Waals surface area contributed by atoms with Crippen LogP contribution in [-0.4, -0.2) is 35.1 Å². The molecule has 0 aliphatic rings. The van der Waals surface area contributed by atoms with Crippen LogP contribution in [0.25, 0.3) is 0 Å². The number of rotatable bonds is 8. The number of nitrogens with one attached hydrogen (secondary N) is 2. The van der Waals surface area contributed by atoms with Crippen LogP contribution in [-0.2, 0) is 14.4 Å². The Labute approximate surface area is 144 Å². The first kappa shape index (κ1) is 19.4. The Kier molecular flexibility index (Phi) is 7.70. The van der Waals surface area contributed by atoms with Crippen LogP contribution < -0.4 is 16.5 Å². The fraction of sp³-hybridized carbons (Fsp3) is 0.333. The second kappa shape index (κ2) is 9.51. The summed E-state index contributed by atoms with van der Waals surface area (Å²) in [7, 11) is 0. The van der Waals surface area contributed by atoms with Gasteiger partial charge in [-0.25, -0.2) is 0 Å². The van der Waals surface area contributed by atoms with E-state index in [9.17, 15) is 14.4 Å². The van der Waals surface area contributed by atoms with Crippen molar-refractivity contribution in [3.8, 4) is 0 Å². The number of nitrogens with two attached hydrogens (primary N) is 1. The molecule has 0 bridgehead atoms. The van der Waals surface area contributed by atoms with Crippen molar-refractivity contribution in [3.63, 3.8) is 0 Å². The Morgan fingerprint density at radius 1 is 1.33 bits per heavy atom. The molecule has 5 N–H and O–H groups in total. The number of carboxylic acid groups (broad SMARTS) is 1. The lowest BCUT2D eigenvalue weighted by molar-refractivity contribution is -0.137. The quantitative estimate of drug-likeness (QED) is 0.317. The van der Waals surface area contributed by atoms with E-state index in [0.717, 1.165) is 0 Å². The smallest absolute Gasteiger partial charge is 0.305 e. The summed E-state index contributed by atoms with van der Waals surface area (Å²) in [6, 6.07) is 4.34. The second-order valence-corrected chi connectivity index (χ2v) is 5.54. The molecule has 0 heterocycles. The minimum Gasteiger partial charge on any atom is -0.481 e. The molecule has 0 aliphatic heterocycles. The maximum atomic E-state index is 11.8. The molecule has 1 aromatic carbocycles. The highest BCUT2D eigenvalue weighted by atomic mass is 35.5. The van der Waals surface area contributed by atoms with Gasteiger partial charge in [0.25, 0.3) is 0 Å². The third-order valence-corrected chi connectivity index (χ3v) is 3.29. The van der Waals surface area contributed by atoms with Gasteiger partial charge in [0.15, 0.2) is 0 Å². The molecule has 0 aromatic heterocycles. The molecule has 0 saturated carbocycles. The van der Waals surface area contributed by atoms with Gasteiger partial charge in [0.1, 0.15) is 0 Å². The molecule has 1 aromatic rings. The molecule has 0 spiro atoms. The van der Waals surface area contributed by atoms with Crippen LogP contribution in [0, 0.1) is 0 Å². The lowest BCUT2D eigenvalue weighted by Gasteiger charge is -2.11. The number of anilines is 1. The standard InChI is InChI=1S/C15H19ClN4O4/c1-9(6-15(23)24)19-13(21)4-5-14(22)20-11-3-2-10(8-18-17)12(16)7-11/h2-3,7-9H,4-6,17H2,1H3,(H,19,21)(H,20,22)(H,23,24). The highest BCUT2D eigenvalue weighted by Crippen LogP contribution is 2.19. The van der Waals surface area contributed by atoms with Crippen molar-refractivity contribution in [1.82, 2.24) is 5.32 Å². The lowest BCUT2D eigenvalue weighted by Crippen LogP contribution is -2.34. The van der Waals surface area contributed by atoms with Crippen LogP contribution >= 0.6 is 11.6 Å². The van der Waals surface area contributed by atoms with Gasteiger partial charge in [-0.3, -0.25) is 14.4 Å². The van der Waals surface area contributed by atoms with Gasteiger partial charge in [0, 0.05) is 30.1 Å². The van der Waals surface area contributed by atoms with Crippen LogP contribution in [0.5, 0.6) is 0 Å². The summed E-state index contributed by atoms with van der Waals surface area (Å²) in [6.45, 7) is 1.58. The van der Waals surface area contributed by atoms with Gasteiger partial charge in [-0.1, -0.05) is 11.6 Å². The minimum absolute atomic E-state index is 0.0325. The number of carbonyl (C=O) groups excluding carboxylic acids is 2. The van der Waals surface area contributed by atoms with Crippen LogP contribution in [0.1, 0.15) is 31.7 Å². The number of amides is 2. The topological polar surface area (TPSA) is 134 Å². The number of carbonyl (C=O) groups is 3. The molecular weight excluding hydrogens is 336 g/mol. The van der Waals surface area contributed by atoms with E-state index in [1.807, 2.05) is 0 Å². The van der Waals surface area contributed by atoms with Crippen molar-refractivity contribution in [2.24, 2.45) is 10.9 Å². The summed E-state index contributed by atoms with van der Waals surface area (Å²) < 4.78 is 0. The van der Waals surface area contributed by atoms with Gasteiger partial charge in [-0.2, -0.15) is 5.10 Å². The molecule has 1 rings (SSSR count). The first-order valence-electron chi connectivity index (χ1n) is 7.15. The van der Waals surface area contributed by atoms with E-state index in [4.69, 9.17) is 22.6 Å². The number of hydrogen-bond donors (Lipinski definition) is 4. The number of hydrazone groups is 1. The maximum Gasteiger partial charge on any atom is 0.305 e. The van der Waals surface area contributed by atoms with Crippen molar-refractivity contribution in [1.29, 1.82) is 0 Å². The fourth-order valence-corrected chi connectivity index (χ4v) is 2.13. The molecule has 0 radical (unpaired) electrons. The van der Waals surface area contributed by atoms with Crippen molar-refractivity contribution >= 4 is 41.3 Å². The molecule has 1 unspecified atom stereocenters. The molecule has 2 amide bonds. The van der Waals surface area contributed by atoms with E-state index >= 15 is 0 Å². The van der Waals surface area contributed by atoms with Gasteiger partial charge < -0.3 is 21.6 Å². The number of halogens is 1. The van der Waals surface area contributed by atoms with Gasteiger partial charge in [0.05, 0.1) is 17.7 Å². The Bertz CT molecular complexity index is 648. The Morgan fingerprint density at radius 3 is 2.58 bits per heavy atom. The summed E-state index contributed by atoms with van der Waals surface area (Å²) in [6.07, 6.45) is 1.14. The molecule has 8 nitrogen and oxygen atoms in total. The van der Waals surface area contributed by atoms with E-state index < -0.39 is 12.0 Å². The summed E-state index contributed by atoms with van der Waals surface area (Å²) in [5.41, 5.74) is 1.10. The molecule has 0 saturated heterocycles. The molecular formula is C15H19ClN4O4. The Hall–Kier alpha value is -2.61. The second-order valence-electron chi connectivity index (χ2n) is 5.13. The first-order chi connectivity index (χ1) is 11.3. The third-order valence-electron chi connectivity index (χ3n) is 2.97. The van der Waals surface area contributed by atoms with E-state index in [1.54, 1.807) is 25.1 Å². The zero-order chi connectivity index (χ0) is 18.1. The molecule has 130 valence electrons. The predicted molar refractivity (Wildman–Crippen MR) is 91.0 cm³/mol. The van der Waals surface area contributed by atoms with Gasteiger partial charge in [-0.05, 0) is 25.1 Å². The normalized spacial score (nSPS) is 11.9. The van der Waals surface area contributed by atoms with Crippen LogP contribution in [0.15, 0.2) is 23.3 Å². The molecule has 1 atom stereocenters. The Morgan fingerprint density at radius 2 is 2.00 bits per heavy atom. The van der Waals surface area contributed by atoms with E-state index in [2.05, 4.69) is 15.7 Å². The molecule has 9 heteroatoms. The maximum absolute atomic E-state index is 11.8. The Balaban J connectivity index is 2.45. The number of aliphatic carboxylic acids is 1. The van der Waals surface area contributed by atoms with Crippen molar-refractivity contribution in [2.75, 3.05) is 5.32 Å². The van der Waals surface area contributed by atoms with Gasteiger partial charge in [0.2, 0.25) is 11.8 Å². The largest absolute Gasteiger partial charge is 0.481 e. The zero-order valence-electron chi connectivity index (χ0n) is 13.1. The molecule has 0 aliphatic carbocycles.